The molecule has 372 valence electrons. The zero-order valence-electron chi connectivity index (χ0n) is 41.7. The minimum atomic E-state index is -0.377. The predicted octanol–water partition coefficient (Wildman–Crippen LogP) is 19.7. The Bertz CT molecular complexity index is 3610. The summed E-state index contributed by atoms with van der Waals surface area (Å²) in [7, 11) is -0.377. The van der Waals surface area contributed by atoms with E-state index >= 15 is 0 Å². The number of fused-ring (bicyclic) bond motifs is 3. The van der Waals surface area contributed by atoms with E-state index in [-0.39, 0.29) is 25.7 Å². The molecular formula is C67H58BBr2IN2O2. The second-order valence-electron chi connectivity index (χ2n) is 19.2. The fourth-order valence-corrected chi connectivity index (χ4v) is 10.3. The van der Waals surface area contributed by atoms with Gasteiger partial charge in [0.05, 0.1) is 22.2 Å². The molecule has 1 fully saturated rings. The van der Waals surface area contributed by atoms with Gasteiger partial charge in [0.15, 0.2) is 0 Å². The van der Waals surface area contributed by atoms with E-state index in [1.54, 1.807) is 0 Å². The minimum absolute atomic E-state index is 0. The molecule has 11 aromatic rings. The van der Waals surface area contributed by atoms with Gasteiger partial charge in [-0.15, -0.1) is 0 Å². The Hall–Kier alpha value is -6.53. The fourth-order valence-electron chi connectivity index (χ4n) is 9.23. The van der Waals surface area contributed by atoms with Gasteiger partial charge in [0.25, 0.3) is 0 Å². The second-order valence-corrected chi connectivity index (χ2v) is 22.3. The van der Waals surface area contributed by atoms with Gasteiger partial charge in [0.1, 0.15) is 0 Å². The number of nitrogens with zero attached hydrogens (tertiary/aromatic N) is 2. The number of halogens is 3. The maximum atomic E-state index is 6.26. The monoisotopic (exact) mass is 1220 g/mol. The Morgan fingerprint density at radius 1 is 0.400 bits per heavy atom. The number of aromatic nitrogens is 1. The summed E-state index contributed by atoms with van der Waals surface area (Å²) < 4.78 is 18.4. The molecule has 0 atom stereocenters. The number of hydrogen-bond donors (Lipinski definition) is 0. The maximum Gasteiger partial charge on any atom is 0.494 e. The first-order valence-corrected chi connectivity index (χ1v) is 27.4. The van der Waals surface area contributed by atoms with E-state index in [0.717, 1.165) is 31.5 Å². The van der Waals surface area contributed by atoms with E-state index in [9.17, 15) is 0 Å². The molecule has 0 saturated carbocycles. The Morgan fingerprint density at radius 3 is 1.41 bits per heavy atom. The van der Waals surface area contributed by atoms with Crippen LogP contribution in [0.2, 0.25) is 0 Å². The van der Waals surface area contributed by atoms with Gasteiger partial charge in [-0.05, 0) is 192 Å². The molecule has 0 aliphatic carbocycles. The summed E-state index contributed by atoms with van der Waals surface area (Å²) in [6.45, 7) is 8.32. The van der Waals surface area contributed by atoms with E-state index in [0.29, 0.717) is 0 Å². The molecule has 0 spiro atoms. The van der Waals surface area contributed by atoms with Crippen molar-refractivity contribution in [3.8, 4) is 39.1 Å². The summed E-state index contributed by atoms with van der Waals surface area (Å²) in [5.74, 6) is 0. The number of hydrogen-bond acceptors (Lipinski definition) is 3. The Morgan fingerprint density at radius 2 is 0.840 bits per heavy atom. The van der Waals surface area contributed by atoms with Gasteiger partial charge in [0.2, 0.25) is 0 Å². The standard InChI is InChI=1S/C30H20BrN.C24H26BNO2.C12H8BrI.CH4/c31-25-16-13-21(14-17-25)22-7-6-8-23(19-22)24-15-18-28-27-11-4-5-12-29(27)32(30(28)20-24)26-9-2-1-3-10-26;1-23(2)24(3,4)28-25(27-23)19-12-11-17-22(18-19)26(20-13-7-5-8-14-20)21-15-9-6-10-16-21;13-11-6-4-9(5-7-11)10-2-1-3-12(14)8-10;/h1-20H;5-18H,1-4H3;1-8H;1H4. The third-order valence-corrected chi connectivity index (χ3v) is 15.5. The highest BCUT2D eigenvalue weighted by Crippen LogP contribution is 2.39. The molecule has 0 radical (unpaired) electrons. The highest BCUT2D eigenvalue weighted by molar-refractivity contribution is 14.1. The Labute approximate surface area is 473 Å². The van der Waals surface area contributed by atoms with Crippen molar-refractivity contribution in [2.75, 3.05) is 4.90 Å². The summed E-state index contributed by atoms with van der Waals surface area (Å²) >= 11 is 9.29. The first-order chi connectivity index (χ1) is 35.9. The molecule has 1 saturated heterocycles. The molecule has 2 heterocycles. The average Bonchev–Trinajstić information content (AvgIpc) is 3.88. The molecule has 4 nitrogen and oxygen atoms in total. The van der Waals surface area contributed by atoms with Crippen molar-refractivity contribution < 1.29 is 9.31 Å². The Balaban J connectivity index is 0.000000147. The van der Waals surface area contributed by atoms with Crippen LogP contribution < -0.4 is 10.4 Å². The average molecular weight is 1220 g/mol. The number of anilines is 3. The SMILES string of the molecule is Brc1ccc(-c2cccc(-c3ccc4c5ccccc5n(-c5ccccc5)c4c3)c2)cc1.Brc1ccc(-c2cccc(I)c2)cc1.C.CC1(C)OB(c2cccc(N(c3ccccc3)c3ccccc3)c2)OC1(C)C. The number of benzene rings is 10. The van der Waals surface area contributed by atoms with Gasteiger partial charge in [-0.1, -0.05) is 191 Å². The van der Waals surface area contributed by atoms with Crippen molar-refractivity contribution in [3.63, 3.8) is 0 Å². The predicted molar refractivity (Wildman–Crippen MR) is 335 cm³/mol. The lowest BCUT2D eigenvalue weighted by Gasteiger charge is -2.32. The van der Waals surface area contributed by atoms with Crippen LogP contribution in [0.4, 0.5) is 17.1 Å². The van der Waals surface area contributed by atoms with E-state index in [2.05, 4.69) is 334 Å². The molecule has 0 bridgehead atoms. The largest absolute Gasteiger partial charge is 0.494 e. The molecule has 75 heavy (non-hydrogen) atoms. The number of rotatable bonds is 8. The maximum absolute atomic E-state index is 6.26. The van der Waals surface area contributed by atoms with Gasteiger partial charge in [-0.3, -0.25) is 0 Å². The molecule has 0 unspecified atom stereocenters. The minimum Gasteiger partial charge on any atom is -0.399 e. The van der Waals surface area contributed by atoms with Gasteiger partial charge in [0, 0.05) is 46.0 Å². The van der Waals surface area contributed by atoms with Gasteiger partial charge in [-0.2, -0.15) is 0 Å². The second kappa shape index (κ2) is 23.6. The van der Waals surface area contributed by atoms with E-state index in [1.807, 2.05) is 12.1 Å². The molecule has 12 rings (SSSR count). The van der Waals surface area contributed by atoms with Crippen molar-refractivity contribution in [3.05, 3.63) is 267 Å². The van der Waals surface area contributed by atoms with E-state index in [1.165, 1.54) is 64.4 Å². The lowest BCUT2D eigenvalue weighted by Crippen LogP contribution is -2.41. The molecule has 0 amide bonds. The molecule has 10 aromatic carbocycles. The highest BCUT2D eigenvalue weighted by atomic mass is 127. The van der Waals surface area contributed by atoms with Crippen molar-refractivity contribution in [2.24, 2.45) is 0 Å². The Kier molecular flexibility index (Phi) is 16.8. The van der Waals surface area contributed by atoms with Crippen LogP contribution in [0, 0.1) is 3.57 Å². The van der Waals surface area contributed by atoms with Crippen LogP contribution in [0.1, 0.15) is 35.1 Å². The van der Waals surface area contributed by atoms with Crippen LogP contribution in [0.15, 0.2) is 264 Å². The molecule has 1 aromatic heterocycles. The molecule has 0 N–H and O–H groups in total. The van der Waals surface area contributed by atoms with Gasteiger partial charge in [-0.25, -0.2) is 0 Å². The van der Waals surface area contributed by atoms with Crippen LogP contribution >= 0.6 is 54.5 Å². The van der Waals surface area contributed by atoms with E-state index < -0.39 is 0 Å². The zero-order valence-corrected chi connectivity index (χ0v) is 47.0. The van der Waals surface area contributed by atoms with Crippen LogP contribution in [0.3, 0.4) is 0 Å². The van der Waals surface area contributed by atoms with Crippen molar-refractivity contribution in [1.29, 1.82) is 0 Å². The van der Waals surface area contributed by atoms with Crippen LogP contribution in [-0.2, 0) is 9.31 Å². The quantitative estimate of drug-likeness (QED) is 0.112. The topological polar surface area (TPSA) is 26.6 Å². The van der Waals surface area contributed by atoms with Crippen molar-refractivity contribution in [1.82, 2.24) is 4.57 Å². The summed E-state index contributed by atoms with van der Waals surface area (Å²) in [6, 6.07) is 89.4. The molecule has 8 heteroatoms. The van der Waals surface area contributed by atoms with Crippen molar-refractivity contribution >= 4 is 106 Å². The highest BCUT2D eigenvalue weighted by Gasteiger charge is 2.51. The van der Waals surface area contributed by atoms with E-state index in [4.69, 9.17) is 9.31 Å². The van der Waals surface area contributed by atoms with Gasteiger partial charge < -0.3 is 18.8 Å². The normalized spacial score (nSPS) is 13.2. The summed E-state index contributed by atoms with van der Waals surface area (Å²) in [5, 5.41) is 2.55. The smallest absolute Gasteiger partial charge is 0.399 e. The molecule has 1 aliphatic rings. The fraction of sp³-hybridized carbons (Fsp3) is 0.104. The summed E-state index contributed by atoms with van der Waals surface area (Å²) in [4.78, 5) is 2.24. The number of para-hydroxylation sites is 4. The third-order valence-electron chi connectivity index (χ3n) is 13.7. The molecule has 1 aliphatic heterocycles. The van der Waals surface area contributed by atoms with Crippen LogP contribution in [0.5, 0.6) is 0 Å². The molecular weight excluding hydrogens is 1160 g/mol. The van der Waals surface area contributed by atoms with Gasteiger partial charge >= 0.3 is 7.12 Å². The lowest BCUT2D eigenvalue weighted by atomic mass is 9.79. The van der Waals surface area contributed by atoms with Crippen molar-refractivity contribution in [2.45, 2.75) is 46.3 Å². The van der Waals surface area contributed by atoms with Crippen LogP contribution in [0.25, 0.3) is 60.9 Å². The summed E-state index contributed by atoms with van der Waals surface area (Å²) in [5.41, 5.74) is 14.6. The first kappa shape index (κ1) is 53.3. The first-order valence-electron chi connectivity index (χ1n) is 24.7. The lowest BCUT2D eigenvalue weighted by molar-refractivity contribution is 0.00578. The third kappa shape index (κ3) is 12.1. The van der Waals surface area contributed by atoms with Crippen LogP contribution in [-0.4, -0.2) is 22.9 Å². The zero-order chi connectivity index (χ0) is 51.2. The summed E-state index contributed by atoms with van der Waals surface area (Å²) in [6.07, 6.45) is 0.